The Kier molecular flexibility index (Phi) is 2.11. The van der Waals surface area contributed by atoms with E-state index in [1.165, 1.54) is 6.42 Å². The van der Waals surface area contributed by atoms with Gasteiger partial charge in [0.1, 0.15) is 0 Å². The standard InChI is InChI=1S/C7H14N2/c1-6(2)9-7-3-4-8-5-7/h7-9H,1,3-5H2,2H3. The molecule has 9 heavy (non-hydrogen) atoms. The first-order valence-electron chi connectivity index (χ1n) is 3.42. The minimum Gasteiger partial charge on any atom is -0.385 e. The van der Waals surface area contributed by atoms with E-state index >= 15 is 0 Å². The molecule has 0 spiro atoms. The van der Waals surface area contributed by atoms with Gasteiger partial charge < -0.3 is 10.6 Å². The van der Waals surface area contributed by atoms with Gasteiger partial charge in [-0.15, -0.1) is 0 Å². The second kappa shape index (κ2) is 2.87. The third-order valence-corrected chi connectivity index (χ3v) is 1.51. The van der Waals surface area contributed by atoms with E-state index in [0.717, 1.165) is 18.8 Å². The summed E-state index contributed by atoms with van der Waals surface area (Å²) in [6.07, 6.45) is 1.23. The van der Waals surface area contributed by atoms with Crippen molar-refractivity contribution in [2.45, 2.75) is 19.4 Å². The van der Waals surface area contributed by atoms with Gasteiger partial charge in [-0.1, -0.05) is 6.58 Å². The van der Waals surface area contributed by atoms with Crippen LogP contribution in [0.5, 0.6) is 0 Å². The summed E-state index contributed by atoms with van der Waals surface area (Å²) < 4.78 is 0. The molecule has 2 nitrogen and oxygen atoms in total. The highest BCUT2D eigenvalue weighted by Gasteiger charge is 2.12. The number of nitrogens with one attached hydrogen (secondary N) is 2. The number of hydrogen-bond donors (Lipinski definition) is 2. The molecule has 0 saturated carbocycles. The molecule has 0 aromatic heterocycles. The van der Waals surface area contributed by atoms with Crippen molar-refractivity contribution in [2.24, 2.45) is 0 Å². The average Bonchev–Trinajstić information content (AvgIpc) is 2.15. The molecule has 0 aliphatic carbocycles. The first-order chi connectivity index (χ1) is 4.29. The van der Waals surface area contributed by atoms with Crippen molar-refractivity contribution in [1.29, 1.82) is 0 Å². The van der Waals surface area contributed by atoms with Crippen LogP contribution in [0.4, 0.5) is 0 Å². The van der Waals surface area contributed by atoms with E-state index in [-0.39, 0.29) is 0 Å². The lowest BCUT2D eigenvalue weighted by atomic mass is 10.2. The molecule has 0 amide bonds. The molecular formula is C7H14N2. The van der Waals surface area contributed by atoms with Crippen LogP contribution in [0, 0.1) is 0 Å². The zero-order valence-electron chi connectivity index (χ0n) is 5.91. The van der Waals surface area contributed by atoms with Gasteiger partial charge in [-0.2, -0.15) is 0 Å². The second-order valence-corrected chi connectivity index (χ2v) is 2.61. The summed E-state index contributed by atoms with van der Waals surface area (Å²) in [7, 11) is 0. The third-order valence-electron chi connectivity index (χ3n) is 1.51. The van der Waals surface area contributed by atoms with E-state index in [4.69, 9.17) is 0 Å². The molecule has 1 fully saturated rings. The molecule has 1 heterocycles. The van der Waals surface area contributed by atoms with Gasteiger partial charge in [-0.05, 0) is 19.9 Å². The van der Waals surface area contributed by atoms with Crippen LogP contribution >= 0.6 is 0 Å². The van der Waals surface area contributed by atoms with Gasteiger partial charge in [0, 0.05) is 18.3 Å². The fraction of sp³-hybridized carbons (Fsp3) is 0.714. The lowest BCUT2D eigenvalue weighted by Gasteiger charge is -2.10. The Morgan fingerprint density at radius 2 is 2.56 bits per heavy atom. The minimum atomic E-state index is 0.627. The predicted octanol–water partition coefficient (Wildman–Crippen LogP) is 0.471. The summed E-state index contributed by atoms with van der Waals surface area (Å²) in [6.45, 7) is 8.01. The van der Waals surface area contributed by atoms with Crippen molar-refractivity contribution in [3.05, 3.63) is 12.3 Å². The molecule has 0 radical (unpaired) electrons. The summed E-state index contributed by atoms with van der Waals surface area (Å²) in [5.74, 6) is 0. The summed E-state index contributed by atoms with van der Waals surface area (Å²) in [4.78, 5) is 0. The molecule has 0 aromatic rings. The zero-order chi connectivity index (χ0) is 6.69. The lowest BCUT2D eigenvalue weighted by molar-refractivity contribution is 0.615. The number of hydrogen-bond acceptors (Lipinski definition) is 2. The van der Waals surface area contributed by atoms with Gasteiger partial charge in [-0.25, -0.2) is 0 Å². The first kappa shape index (κ1) is 6.62. The Morgan fingerprint density at radius 1 is 1.78 bits per heavy atom. The third kappa shape index (κ3) is 2.06. The summed E-state index contributed by atoms with van der Waals surface area (Å²) >= 11 is 0. The Bertz CT molecular complexity index is 103. The maximum atomic E-state index is 3.78. The molecule has 2 N–H and O–H groups in total. The molecule has 0 aromatic carbocycles. The van der Waals surface area contributed by atoms with Crippen molar-refractivity contribution >= 4 is 0 Å². The SMILES string of the molecule is C=C(C)NC1CCNC1. The highest BCUT2D eigenvalue weighted by molar-refractivity contribution is 4.91. The van der Waals surface area contributed by atoms with Crippen LogP contribution in [-0.2, 0) is 0 Å². The highest BCUT2D eigenvalue weighted by atomic mass is 15.0. The Balaban J connectivity index is 2.19. The highest BCUT2D eigenvalue weighted by Crippen LogP contribution is 1.98. The van der Waals surface area contributed by atoms with Gasteiger partial charge in [0.15, 0.2) is 0 Å². The van der Waals surface area contributed by atoms with Crippen LogP contribution in [0.15, 0.2) is 12.3 Å². The average molecular weight is 126 g/mol. The fourth-order valence-corrected chi connectivity index (χ4v) is 1.13. The molecule has 1 aliphatic heterocycles. The van der Waals surface area contributed by atoms with Crippen LogP contribution in [0.1, 0.15) is 13.3 Å². The molecule has 52 valence electrons. The first-order valence-corrected chi connectivity index (χ1v) is 3.42. The van der Waals surface area contributed by atoms with Crippen LogP contribution in [0.2, 0.25) is 0 Å². The molecule has 1 rings (SSSR count). The smallest absolute Gasteiger partial charge is 0.0394 e. The predicted molar refractivity (Wildman–Crippen MR) is 39.2 cm³/mol. The minimum absolute atomic E-state index is 0.627. The topological polar surface area (TPSA) is 24.1 Å². The van der Waals surface area contributed by atoms with E-state index in [1.54, 1.807) is 0 Å². The molecular weight excluding hydrogens is 112 g/mol. The molecule has 1 atom stereocenters. The Labute approximate surface area is 56.3 Å². The van der Waals surface area contributed by atoms with Gasteiger partial charge in [0.2, 0.25) is 0 Å². The van der Waals surface area contributed by atoms with Crippen molar-refractivity contribution in [3.8, 4) is 0 Å². The number of rotatable bonds is 2. The summed E-state index contributed by atoms with van der Waals surface area (Å²) in [6, 6.07) is 0.627. The van der Waals surface area contributed by atoms with Gasteiger partial charge in [-0.3, -0.25) is 0 Å². The monoisotopic (exact) mass is 126 g/mol. The Morgan fingerprint density at radius 3 is 3.00 bits per heavy atom. The van der Waals surface area contributed by atoms with Crippen LogP contribution in [0.25, 0.3) is 0 Å². The van der Waals surface area contributed by atoms with E-state index in [2.05, 4.69) is 17.2 Å². The molecule has 1 unspecified atom stereocenters. The normalized spacial score (nSPS) is 26.1. The largest absolute Gasteiger partial charge is 0.385 e. The maximum Gasteiger partial charge on any atom is 0.0394 e. The van der Waals surface area contributed by atoms with E-state index in [9.17, 15) is 0 Å². The van der Waals surface area contributed by atoms with E-state index < -0.39 is 0 Å². The van der Waals surface area contributed by atoms with Crippen molar-refractivity contribution in [3.63, 3.8) is 0 Å². The van der Waals surface area contributed by atoms with Crippen molar-refractivity contribution in [1.82, 2.24) is 10.6 Å². The molecule has 0 bridgehead atoms. The fourth-order valence-electron chi connectivity index (χ4n) is 1.13. The van der Waals surface area contributed by atoms with E-state index in [0.29, 0.717) is 6.04 Å². The lowest BCUT2D eigenvalue weighted by Crippen LogP contribution is -2.28. The summed E-state index contributed by atoms with van der Waals surface area (Å²) in [5.41, 5.74) is 1.07. The van der Waals surface area contributed by atoms with Gasteiger partial charge in [0.25, 0.3) is 0 Å². The molecule has 2 heteroatoms. The summed E-state index contributed by atoms with van der Waals surface area (Å²) in [5, 5.41) is 6.56. The number of allylic oxidation sites excluding steroid dienone is 1. The Hall–Kier alpha value is -0.500. The van der Waals surface area contributed by atoms with Crippen molar-refractivity contribution < 1.29 is 0 Å². The van der Waals surface area contributed by atoms with E-state index in [1.807, 2.05) is 6.92 Å². The second-order valence-electron chi connectivity index (χ2n) is 2.61. The van der Waals surface area contributed by atoms with Crippen LogP contribution in [-0.4, -0.2) is 19.1 Å². The quantitative estimate of drug-likeness (QED) is 0.562. The van der Waals surface area contributed by atoms with Crippen molar-refractivity contribution in [2.75, 3.05) is 13.1 Å². The van der Waals surface area contributed by atoms with Crippen LogP contribution < -0.4 is 10.6 Å². The van der Waals surface area contributed by atoms with Gasteiger partial charge in [0.05, 0.1) is 0 Å². The van der Waals surface area contributed by atoms with Crippen LogP contribution in [0.3, 0.4) is 0 Å². The molecule has 1 saturated heterocycles. The zero-order valence-corrected chi connectivity index (χ0v) is 5.91. The van der Waals surface area contributed by atoms with Gasteiger partial charge >= 0.3 is 0 Å². The maximum absolute atomic E-state index is 3.78. The molecule has 1 aliphatic rings.